The number of fused-ring (bicyclic) bond motifs is 2. The first-order chi connectivity index (χ1) is 10.2. The van der Waals surface area contributed by atoms with E-state index in [1.54, 1.807) is 18.5 Å². The summed E-state index contributed by atoms with van der Waals surface area (Å²) in [5.74, 6) is -0.00847. The molecule has 104 valence electrons. The number of halogens is 1. The van der Waals surface area contributed by atoms with Crippen molar-refractivity contribution in [2.45, 2.75) is 19.3 Å². The summed E-state index contributed by atoms with van der Waals surface area (Å²) in [4.78, 5) is 20.0. The van der Waals surface area contributed by atoms with E-state index in [1.165, 1.54) is 17.5 Å². The van der Waals surface area contributed by atoms with Gasteiger partial charge in [-0.25, -0.2) is 4.98 Å². The molecule has 1 N–H and O–H groups in total. The Hall–Kier alpha value is -2.13. The highest BCUT2D eigenvalue weighted by Crippen LogP contribution is 2.28. The Morgan fingerprint density at radius 2 is 2.05 bits per heavy atom. The van der Waals surface area contributed by atoms with Gasteiger partial charge in [0.25, 0.3) is 0 Å². The minimum absolute atomic E-state index is 0.00847. The first-order valence-electron chi connectivity index (χ1n) is 7.02. The monoisotopic (exact) mass is 296 g/mol. The second kappa shape index (κ2) is 4.71. The number of rotatable bonds is 2. The fraction of sp³-hybridized carbons (Fsp3) is 0.176. The molecule has 0 bridgehead atoms. The molecule has 0 saturated carbocycles. The Balaban J connectivity index is 1.83. The molecule has 21 heavy (non-hydrogen) atoms. The molecule has 0 radical (unpaired) electrons. The minimum atomic E-state index is -0.00847. The summed E-state index contributed by atoms with van der Waals surface area (Å²) in [7, 11) is 0. The molecule has 3 nitrogen and oxygen atoms in total. The molecule has 0 fully saturated rings. The van der Waals surface area contributed by atoms with E-state index in [0.29, 0.717) is 21.6 Å². The first-order valence-corrected chi connectivity index (χ1v) is 7.40. The normalized spacial score (nSPS) is 13.6. The van der Waals surface area contributed by atoms with Crippen molar-refractivity contribution < 1.29 is 4.79 Å². The van der Waals surface area contributed by atoms with Crippen LogP contribution in [0, 0.1) is 0 Å². The second-order valence-electron chi connectivity index (χ2n) is 5.38. The van der Waals surface area contributed by atoms with Crippen LogP contribution in [-0.4, -0.2) is 15.8 Å². The molecule has 3 aromatic rings. The lowest BCUT2D eigenvalue weighted by Crippen LogP contribution is -2.01. The maximum atomic E-state index is 12.8. The van der Waals surface area contributed by atoms with Crippen LogP contribution in [0.5, 0.6) is 0 Å². The third-order valence-corrected chi connectivity index (χ3v) is 4.44. The standard InChI is InChI=1S/C17H13ClN2O/c18-14-6-7-19-17-15(14)13(9-20-17)16(21)12-5-4-10-2-1-3-11(10)8-12/h4-9H,1-3H2,(H,19,20). The van der Waals surface area contributed by atoms with Gasteiger partial charge in [0.2, 0.25) is 0 Å². The number of nitrogens with one attached hydrogen (secondary N) is 1. The number of aromatic nitrogens is 2. The number of aromatic amines is 1. The lowest BCUT2D eigenvalue weighted by Gasteiger charge is -2.04. The Labute approximate surface area is 127 Å². The maximum absolute atomic E-state index is 12.8. The molecule has 0 saturated heterocycles. The number of benzene rings is 1. The molecule has 0 aliphatic heterocycles. The third kappa shape index (κ3) is 1.96. The van der Waals surface area contributed by atoms with E-state index in [9.17, 15) is 4.79 Å². The number of hydrogen-bond acceptors (Lipinski definition) is 2. The largest absolute Gasteiger partial charge is 0.345 e. The van der Waals surface area contributed by atoms with Gasteiger partial charge in [-0.1, -0.05) is 23.7 Å². The van der Waals surface area contributed by atoms with Crippen molar-refractivity contribution in [3.63, 3.8) is 0 Å². The van der Waals surface area contributed by atoms with Crippen LogP contribution in [0.4, 0.5) is 0 Å². The smallest absolute Gasteiger partial charge is 0.195 e. The number of ketones is 1. The molecule has 0 spiro atoms. The van der Waals surface area contributed by atoms with E-state index < -0.39 is 0 Å². The van der Waals surface area contributed by atoms with Gasteiger partial charge in [0.15, 0.2) is 5.78 Å². The Bertz CT molecular complexity index is 866. The predicted octanol–water partition coefficient (Wildman–Crippen LogP) is 3.94. The highest BCUT2D eigenvalue weighted by Gasteiger charge is 2.19. The minimum Gasteiger partial charge on any atom is -0.345 e. The molecule has 0 amide bonds. The molecule has 1 aliphatic rings. The number of carbonyl (C=O) groups excluding carboxylic acids is 1. The topological polar surface area (TPSA) is 45.8 Å². The maximum Gasteiger partial charge on any atom is 0.195 e. The van der Waals surface area contributed by atoms with Crippen molar-refractivity contribution in [3.05, 3.63) is 63.9 Å². The molecule has 0 atom stereocenters. The molecule has 4 heteroatoms. The van der Waals surface area contributed by atoms with Crippen LogP contribution in [0.15, 0.2) is 36.7 Å². The van der Waals surface area contributed by atoms with Gasteiger partial charge in [-0.3, -0.25) is 4.79 Å². The molecule has 2 aromatic heterocycles. The lowest BCUT2D eigenvalue weighted by atomic mass is 9.99. The number of pyridine rings is 1. The van der Waals surface area contributed by atoms with Crippen molar-refractivity contribution in [1.29, 1.82) is 0 Å². The molecule has 1 aromatic carbocycles. The summed E-state index contributed by atoms with van der Waals surface area (Å²) in [6.45, 7) is 0. The quantitative estimate of drug-likeness (QED) is 0.728. The van der Waals surface area contributed by atoms with Gasteiger partial charge in [0, 0.05) is 23.3 Å². The van der Waals surface area contributed by atoms with Gasteiger partial charge in [-0.15, -0.1) is 0 Å². The first kappa shape index (κ1) is 12.6. The highest BCUT2D eigenvalue weighted by atomic mass is 35.5. The number of H-pyrrole nitrogens is 1. The highest BCUT2D eigenvalue weighted by molar-refractivity contribution is 6.37. The van der Waals surface area contributed by atoms with E-state index in [4.69, 9.17) is 11.6 Å². The van der Waals surface area contributed by atoms with Crippen LogP contribution in [0.3, 0.4) is 0 Å². The van der Waals surface area contributed by atoms with Gasteiger partial charge in [0.1, 0.15) is 5.65 Å². The van der Waals surface area contributed by atoms with Crippen molar-refractivity contribution in [2.24, 2.45) is 0 Å². The zero-order chi connectivity index (χ0) is 14.4. The lowest BCUT2D eigenvalue weighted by molar-refractivity contribution is 0.104. The molecule has 2 heterocycles. The second-order valence-corrected chi connectivity index (χ2v) is 5.79. The molecule has 1 aliphatic carbocycles. The fourth-order valence-corrected chi connectivity index (χ4v) is 3.31. The molecule has 0 unspecified atom stereocenters. The number of nitrogens with zero attached hydrogens (tertiary/aromatic N) is 1. The van der Waals surface area contributed by atoms with Gasteiger partial charge >= 0.3 is 0 Å². The predicted molar refractivity (Wildman–Crippen MR) is 83.0 cm³/mol. The number of hydrogen-bond donors (Lipinski definition) is 1. The van der Waals surface area contributed by atoms with Crippen LogP contribution >= 0.6 is 11.6 Å². The van der Waals surface area contributed by atoms with Crippen LogP contribution in [0.1, 0.15) is 33.5 Å². The Morgan fingerprint density at radius 1 is 1.19 bits per heavy atom. The van der Waals surface area contributed by atoms with Crippen molar-refractivity contribution in [1.82, 2.24) is 9.97 Å². The van der Waals surface area contributed by atoms with E-state index in [0.717, 1.165) is 18.4 Å². The van der Waals surface area contributed by atoms with Gasteiger partial charge in [0.05, 0.1) is 10.6 Å². The summed E-state index contributed by atoms with van der Waals surface area (Å²) >= 11 is 6.22. The van der Waals surface area contributed by atoms with Crippen molar-refractivity contribution in [3.8, 4) is 0 Å². The molecule has 4 rings (SSSR count). The summed E-state index contributed by atoms with van der Waals surface area (Å²) < 4.78 is 0. The molecular weight excluding hydrogens is 284 g/mol. The summed E-state index contributed by atoms with van der Waals surface area (Å²) in [6.07, 6.45) is 6.68. The van der Waals surface area contributed by atoms with Crippen LogP contribution in [0.25, 0.3) is 11.0 Å². The van der Waals surface area contributed by atoms with Gasteiger partial charge in [-0.05, 0) is 42.5 Å². The number of carbonyl (C=O) groups is 1. The van der Waals surface area contributed by atoms with Crippen molar-refractivity contribution in [2.75, 3.05) is 0 Å². The van der Waals surface area contributed by atoms with E-state index in [1.807, 2.05) is 12.1 Å². The SMILES string of the molecule is O=C(c1ccc2c(c1)CCC2)c1c[nH]c2nccc(Cl)c12. The zero-order valence-corrected chi connectivity index (χ0v) is 12.1. The summed E-state index contributed by atoms with van der Waals surface area (Å²) in [6, 6.07) is 7.71. The summed E-state index contributed by atoms with van der Waals surface area (Å²) in [5, 5.41) is 1.25. The average Bonchev–Trinajstić information content (AvgIpc) is 3.13. The van der Waals surface area contributed by atoms with E-state index >= 15 is 0 Å². The fourth-order valence-electron chi connectivity index (χ4n) is 3.06. The Morgan fingerprint density at radius 3 is 2.95 bits per heavy atom. The van der Waals surface area contributed by atoms with E-state index in [2.05, 4.69) is 16.0 Å². The Kier molecular flexibility index (Phi) is 2.82. The van der Waals surface area contributed by atoms with Crippen LogP contribution < -0.4 is 0 Å². The van der Waals surface area contributed by atoms with E-state index in [-0.39, 0.29) is 5.78 Å². The van der Waals surface area contributed by atoms with Gasteiger partial charge < -0.3 is 4.98 Å². The van der Waals surface area contributed by atoms with Crippen LogP contribution in [0.2, 0.25) is 5.02 Å². The average molecular weight is 297 g/mol. The van der Waals surface area contributed by atoms with Crippen LogP contribution in [-0.2, 0) is 12.8 Å². The van der Waals surface area contributed by atoms with Gasteiger partial charge in [-0.2, -0.15) is 0 Å². The number of aryl methyl sites for hydroxylation is 2. The summed E-state index contributed by atoms with van der Waals surface area (Å²) in [5.41, 5.74) is 4.61. The van der Waals surface area contributed by atoms with Crippen molar-refractivity contribution >= 4 is 28.4 Å². The zero-order valence-electron chi connectivity index (χ0n) is 11.3. The molecular formula is C17H13ClN2O. The third-order valence-electron chi connectivity index (χ3n) is 4.13.